The Kier molecular flexibility index (Phi) is 4.06. The molecule has 0 unspecified atom stereocenters. The number of nitrogens with zero attached hydrogens (tertiary/aromatic N) is 1. The molecule has 8 heteroatoms. The van der Waals surface area contributed by atoms with Crippen LogP contribution in [0, 0.1) is 20.8 Å². The van der Waals surface area contributed by atoms with Gasteiger partial charge < -0.3 is 9.84 Å². The SMILES string of the molecule is Cc1cc(C(=O)Nc2c(C)cc(S(=O)(=O)Cl)cc2C)on1. The van der Waals surface area contributed by atoms with E-state index in [1.165, 1.54) is 18.2 Å². The summed E-state index contributed by atoms with van der Waals surface area (Å²) >= 11 is 0. The van der Waals surface area contributed by atoms with Gasteiger partial charge in [-0.2, -0.15) is 0 Å². The largest absolute Gasteiger partial charge is 0.351 e. The Hall–Kier alpha value is -1.86. The van der Waals surface area contributed by atoms with Crippen LogP contribution >= 0.6 is 10.7 Å². The molecule has 2 rings (SSSR count). The number of carbonyl (C=O) groups is 1. The number of benzene rings is 1. The fourth-order valence-electron chi connectivity index (χ4n) is 1.91. The van der Waals surface area contributed by atoms with Crippen LogP contribution in [-0.4, -0.2) is 19.5 Å². The first-order valence-electron chi connectivity index (χ1n) is 5.99. The molecule has 2 aromatic rings. The van der Waals surface area contributed by atoms with E-state index in [4.69, 9.17) is 15.2 Å². The first-order valence-corrected chi connectivity index (χ1v) is 8.30. The van der Waals surface area contributed by atoms with Crippen LogP contribution in [0.15, 0.2) is 27.6 Å². The van der Waals surface area contributed by atoms with Crippen LogP contribution in [0.1, 0.15) is 27.4 Å². The number of hydrogen-bond acceptors (Lipinski definition) is 5. The van der Waals surface area contributed by atoms with Crippen LogP contribution in [0.25, 0.3) is 0 Å². The Morgan fingerprint density at radius 1 is 1.19 bits per heavy atom. The minimum absolute atomic E-state index is 0.00678. The summed E-state index contributed by atoms with van der Waals surface area (Å²) in [4.78, 5) is 12.0. The summed E-state index contributed by atoms with van der Waals surface area (Å²) in [7, 11) is 1.51. The van der Waals surface area contributed by atoms with E-state index in [0.29, 0.717) is 22.5 Å². The summed E-state index contributed by atoms with van der Waals surface area (Å²) in [5.74, 6) is -0.372. The summed E-state index contributed by atoms with van der Waals surface area (Å²) in [6.45, 7) is 5.07. The smallest absolute Gasteiger partial charge is 0.294 e. The lowest BCUT2D eigenvalue weighted by molar-refractivity contribution is 0.0987. The highest BCUT2D eigenvalue weighted by molar-refractivity contribution is 8.13. The minimum atomic E-state index is -3.81. The number of aromatic nitrogens is 1. The van der Waals surface area contributed by atoms with Crippen molar-refractivity contribution in [3.05, 3.63) is 40.8 Å². The van der Waals surface area contributed by atoms with Crippen molar-refractivity contribution < 1.29 is 17.7 Å². The highest BCUT2D eigenvalue weighted by atomic mass is 35.7. The summed E-state index contributed by atoms with van der Waals surface area (Å²) in [5, 5.41) is 6.31. The highest BCUT2D eigenvalue weighted by Crippen LogP contribution is 2.27. The second-order valence-electron chi connectivity index (χ2n) is 4.66. The van der Waals surface area contributed by atoms with Crippen LogP contribution in [0.4, 0.5) is 5.69 Å². The third-order valence-corrected chi connectivity index (χ3v) is 4.21. The molecule has 0 aliphatic heterocycles. The van der Waals surface area contributed by atoms with Crippen molar-refractivity contribution in [2.24, 2.45) is 0 Å². The van der Waals surface area contributed by atoms with Crippen molar-refractivity contribution >= 4 is 31.3 Å². The second-order valence-corrected chi connectivity index (χ2v) is 7.22. The molecule has 1 amide bonds. The van der Waals surface area contributed by atoms with Crippen molar-refractivity contribution in [1.82, 2.24) is 5.16 Å². The van der Waals surface area contributed by atoms with Gasteiger partial charge in [-0.1, -0.05) is 5.16 Å². The molecule has 0 aliphatic rings. The van der Waals surface area contributed by atoms with E-state index in [0.717, 1.165) is 0 Å². The van der Waals surface area contributed by atoms with E-state index >= 15 is 0 Å². The van der Waals surface area contributed by atoms with E-state index in [1.807, 2.05) is 0 Å². The number of halogens is 1. The molecule has 0 atom stereocenters. The third-order valence-electron chi connectivity index (χ3n) is 2.88. The molecule has 0 spiro atoms. The van der Waals surface area contributed by atoms with Crippen molar-refractivity contribution in [1.29, 1.82) is 0 Å². The van der Waals surface area contributed by atoms with Gasteiger partial charge in [0.05, 0.1) is 10.6 Å². The monoisotopic (exact) mass is 328 g/mol. The van der Waals surface area contributed by atoms with E-state index in [-0.39, 0.29) is 10.7 Å². The summed E-state index contributed by atoms with van der Waals surface area (Å²) in [6, 6.07) is 4.31. The van der Waals surface area contributed by atoms with Crippen LogP contribution in [0.3, 0.4) is 0 Å². The zero-order valence-corrected chi connectivity index (χ0v) is 13.2. The average molecular weight is 329 g/mol. The number of hydrogen-bond donors (Lipinski definition) is 1. The summed E-state index contributed by atoms with van der Waals surface area (Å²) < 4.78 is 27.6. The normalized spacial score (nSPS) is 11.4. The molecule has 21 heavy (non-hydrogen) atoms. The van der Waals surface area contributed by atoms with Crippen LogP contribution < -0.4 is 5.32 Å². The predicted molar refractivity (Wildman–Crippen MR) is 78.1 cm³/mol. The maximum atomic E-state index is 12.0. The zero-order valence-electron chi connectivity index (χ0n) is 11.6. The molecule has 1 aromatic heterocycles. The highest BCUT2D eigenvalue weighted by Gasteiger charge is 2.17. The number of amides is 1. The molecule has 1 N–H and O–H groups in total. The number of aryl methyl sites for hydroxylation is 3. The fourth-order valence-corrected chi connectivity index (χ4v) is 2.81. The Balaban J connectivity index is 2.35. The number of anilines is 1. The van der Waals surface area contributed by atoms with Gasteiger partial charge in [0.2, 0.25) is 5.76 Å². The Morgan fingerprint density at radius 2 is 1.76 bits per heavy atom. The lowest BCUT2D eigenvalue weighted by atomic mass is 10.1. The number of carbonyl (C=O) groups excluding carboxylic acids is 1. The standard InChI is InChI=1S/C13H13ClN2O4S/c1-7-4-10(21(14,18)19)5-8(2)12(7)15-13(17)11-6-9(3)16-20-11/h4-6H,1-3H3,(H,15,17). The molecule has 1 heterocycles. The topological polar surface area (TPSA) is 89.3 Å². The molecule has 0 saturated heterocycles. The van der Waals surface area contributed by atoms with E-state index in [1.54, 1.807) is 20.8 Å². The van der Waals surface area contributed by atoms with Gasteiger partial charge in [-0.15, -0.1) is 0 Å². The fraction of sp³-hybridized carbons (Fsp3) is 0.231. The molecule has 112 valence electrons. The van der Waals surface area contributed by atoms with Crippen LogP contribution in [0.2, 0.25) is 0 Å². The first-order chi connectivity index (χ1) is 9.68. The van der Waals surface area contributed by atoms with Crippen LogP contribution in [0.5, 0.6) is 0 Å². The second kappa shape index (κ2) is 5.50. The lowest BCUT2D eigenvalue weighted by Crippen LogP contribution is -2.13. The van der Waals surface area contributed by atoms with Crippen molar-refractivity contribution in [2.45, 2.75) is 25.7 Å². The van der Waals surface area contributed by atoms with Gasteiger partial charge in [-0.3, -0.25) is 4.79 Å². The molecular weight excluding hydrogens is 316 g/mol. The molecule has 0 radical (unpaired) electrons. The predicted octanol–water partition coefficient (Wildman–Crippen LogP) is 2.78. The summed E-state index contributed by atoms with van der Waals surface area (Å²) in [6.07, 6.45) is 0. The van der Waals surface area contributed by atoms with Gasteiger partial charge in [-0.25, -0.2) is 8.42 Å². The van der Waals surface area contributed by atoms with Gasteiger partial charge in [0.15, 0.2) is 0 Å². The number of rotatable bonds is 3. The quantitative estimate of drug-likeness (QED) is 0.875. The molecule has 6 nitrogen and oxygen atoms in total. The van der Waals surface area contributed by atoms with Crippen LogP contribution in [-0.2, 0) is 9.05 Å². The Bertz CT molecular complexity index is 788. The van der Waals surface area contributed by atoms with Gasteiger partial charge in [0.1, 0.15) is 0 Å². The minimum Gasteiger partial charge on any atom is -0.351 e. The maximum Gasteiger partial charge on any atom is 0.294 e. The molecule has 0 fully saturated rings. The summed E-state index contributed by atoms with van der Waals surface area (Å²) in [5.41, 5.74) is 2.27. The van der Waals surface area contributed by atoms with Crippen molar-refractivity contribution in [3.8, 4) is 0 Å². The Morgan fingerprint density at radius 3 is 2.19 bits per heavy atom. The lowest BCUT2D eigenvalue weighted by Gasteiger charge is -2.12. The van der Waals surface area contributed by atoms with Gasteiger partial charge in [0.25, 0.3) is 15.0 Å². The van der Waals surface area contributed by atoms with E-state index in [9.17, 15) is 13.2 Å². The zero-order chi connectivity index (χ0) is 15.8. The molecule has 1 aromatic carbocycles. The van der Waals surface area contributed by atoms with Gasteiger partial charge >= 0.3 is 0 Å². The number of nitrogens with one attached hydrogen (secondary N) is 1. The molecule has 0 aliphatic carbocycles. The van der Waals surface area contributed by atoms with E-state index in [2.05, 4.69) is 10.5 Å². The van der Waals surface area contributed by atoms with Crippen molar-refractivity contribution in [2.75, 3.05) is 5.32 Å². The molecular formula is C13H13ClN2O4S. The van der Waals surface area contributed by atoms with Gasteiger partial charge in [-0.05, 0) is 44.0 Å². The maximum absolute atomic E-state index is 12.0. The van der Waals surface area contributed by atoms with Crippen molar-refractivity contribution in [3.63, 3.8) is 0 Å². The van der Waals surface area contributed by atoms with Gasteiger partial charge in [0, 0.05) is 22.4 Å². The Labute approximate surface area is 126 Å². The molecule has 0 bridgehead atoms. The average Bonchev–Trinajstić information content (AvgIpc) is 2.79. The van der Waals surface area contributed by atoms with E-state index < -0.39 is 15.0 Å². The third kappa shape index (κ3) is 3.43. The first kappa shape index (κ1) is 15.5. The molecule has 0 saturated carbocycles.